The van der Waals surface area contributed by atoms with E-state index in [1.54, 1.807) is 0 Å². The molecule has 0 aromatic carbocycles. The number of fused-ring (bicyclic) bond motifs is 2. The minimum Gasteiger partial charge on any atom is -0.380 e. The Balaban J connectivity index is 1.63. The van der Waals surface area contributed by atoms with Crippen LogP contribution >= 0.6 is 0 Å². The van der Waals surface area contributed by atoms with Crippen molar-refractivity contribution in [1.29, 1.82) is 0 Å². The molecular weight excluding hydrogens is 224 g/mol. The van der Waals surface area contributed by atoms with Crippen molar-refractivity contribution in [3.8, 4) is 0 Å². The molecule has 0 radical (unpaired) electrons. The Morgan fingerprint density at radius 3 is 2.50 bits per heavy atom. The van der Waals surface area contributed by atoms with Crippen molar-refractivity contribution in [3.05, 3.63) is 0 Å². The molecule has 3 unspecified atom stereocenters. The van der Waals surface area contributed by atoms with E-state index in [1.165, 1.54) is 51.5 Å². The summed E-state index contributed by atoms with van der Waals surface area (Å²) >= 11 is 0. The molecule has 18 heavy (non-hydrogen) atoms. The summed E-state index contributed by atoms with van der Waals surface area (Å²) in [5, 5.41) is 3.75. The van der Waals surface area contributed by atoms with Gasteiger partial charge in [-0.1, -0.05) is 13.3 Å². The van der Waals surface area contributed by atoms with Crippen LogP contribution in [0.3, 0.4) is 0 Å². The Hall–Kier alpha value is -0.120. The molecule has 0 amide bonds. The molecule has 3 heteroatoms. The number of piperidine rings is 2. The lowest BCUT2D eigenvalue weighted by Gasteiger charge is -2.51. The van der Waals surface area contributed by atoms with E-state index in [9.17, 15) is 0 Å². The van der Waals surface area contributed by atoms with Crippen molar-refractivity contribution in [3.63, 3.8) is 0 Å². The lowest BCUT2D eigenvalue weighted by molar-refractivity contribution is -0.0133. The average molecular weight is 252 g/mol. The van der Waals surface area contributed by atoms with Crippen LogP contribution in [0.4, 0.5) is 0 Å². The predicted octanol–water partition coefficient (Wildman–Crippen LogP) is 2.16. The van der Waals surface area contributed by atoms with Gasteiger partial charge in [-0.05, 0) is 45.1 Å². The van der Waals surface area contributed by atoms with Gasteiger partial charge in [-0.15, -0.1) is 0 Å². The van der Waals surface area contributed by atoms with E-state index in [4.69, 9.17) is 4.74 Å². The van der Waals surface area contributed by atoms with Gasteiger partial charge in [0.25, 0.3) is 0 Å². The number of nitrogens with one attached hydrogen (secondary N) is 1. The first-order valence-electron chi connectivity index (χ1n) is 7.97. The summed E-state index contributed by atoms with van der Waals surface area (Å²) in [7, 11) is 0. The highest BCUT2D eigenvalue weighted by Crippen LogP contribution is 2.37. The number of nitrogens with zero attached hydrogens (tertiary/aromatic N) is 1. The Morgan fingerprint density at radius 2 is 1.89 bits per heavy atom. The first kappa shape index (κ1) is 12.9. The molecule has 3 fully saturated rings. The third-order valence-corrected chi connectivity index (χ3v) is 5.04. The smallest absolute Gasteiger partial charge is 0.0622 e. The highest BCUT2D eigenvalue weighted by Gasteiger charge is 2.42. The summed E-state index contributed by atoms with van der Waals surface area (Å²) in [6.45, 7) is 5.42. The van der Waals surface area contributed by atoms with Gasteiger partial charge >= 0.3 is 0 Å². The Kier molecular flexibility index (Phi) is 4.22. The summed E-state index contributed by atoms with van der Waals surface area (Å²) < 4.78 is 5.61. The average Bonchev–Trinajstić information content (AvgIpc) is 2.88. The van der Waals surface area contributed by atoms with E-state index in [-0.39, 0.29) is 0 Å². The Labute approximate surface area is 111 Å². The second-order valence-corrected chi connectivity index (χ2v) is 6.33. The number of hydrogen-bond acceptors (Lipinski definition) is 3. The van der Waals surface area contributed by atoms with E-state index < -0.39 is 0 Å². The van der Waals surface area contributed by atoms with Gasteiger partial charge in [0, 0.05) is 30.8 Å². The Morgan fingerprint density at radius 1 is 1.11 bits per heavy atom. The lowest BCUT2D eigenvalue weighted by atomic mass is 9.80. The molecule has 0 aromatic heterocycles. The van der Waals surface area contributed by atoms with E-state index >= 15 is 0 Å². The number of ether oxygens (including phenoxy) is 1. The van der Waals surface area contributed by atoms with E-state index in [2.05, 4.69) is 17.1 Å². The maximum Gasteiger partial charge on any atom is 0.0622 e. The fourth-order valence-corrected chi connectivity index (χ4v) is 4.29. The van der Waals surface area contributed by atoms with Gasteiger partial charge in [-0.25, -0.2) is 0 Å². The predicted molar refractivity (Wildman–Crippen MR) is 73.8 cm³/mol. The minimum absolute atomic E-state index is 0.729. The van der Waals surface area contributed by atoms with Gasteiger partial charge in [0.15, 0.2) is 0 Å². The summed E-state index contributed by atoms with van der Waals surface area (Å²) in [6.07, 6.45) is 9.53. The molecule has 0 saturated carbocycles. The van der Waals surface area contributed by atoms with Gasteiger partial charge in [0.05, 0.1) is 6.61 Å². The molecule has 0 aliphatic carbocycles. The first-order valence-corrected chi connectivity index (χ1v) is 7.97. The number of hydrogen-bond donors (Lipinski definition) is 1. The van der Waals surface area contributed by atoms with Crippen molar-refractivity contribution in [2.45, 2.75) is 76.0 Å². The molecule has 3 aliphatic rings. The molecule has 1 N–H and O–H groups in total. The van der Waals surface area contributed by atoms with Crippen molar-refractivity contribution in [2.75, 3.05) is 19.8 Å². The minimum atomic E-state index is 0.729. The maximum absolute atomic E-state index is 5.61. The second-order valence-electron chi connectivity index (χ2n) is 6.33. The standard InChI is InChI=1S/C15H28N2O/c1-2-7-16-12-9-13-4-3-5-14(10-12)17(13)15-6-8-18-11-15/h12-16H,2-11H2,1H3. The largest absolute Gasteiger partial charge is 0.380 e. The molecular formula is C15H28N2O. The summed E-state index contributed by atoms with van der Waals surface area (Å²) in [5.41, 5.74) is 0. The van der Waals surface area contributed by atoms with Gasteiger partial charge in [0.1, 0.15) is 0 Å². The zero-order chi connectivity index (χ0) is 12.4. The fourth-order valence-electron chi connectivity index (χ4n) is 4.29. The van der Waals surface area contributed by atoms with Gasteiger partial charge < -0.3 is 10.1 Å². The number of rotatable bonds is 4. The van der Waals surface area contributed by atoms with Crippen molar-refractivity contribution in [2.24, 2.45) is 0 Å². The van der Waals surface area contributed by atoms with E-state index in [0.29, 0.717) is 0 Å². The van der Waals surface area contributed by atoms with Crippen molar-refractivity contribution < 1.29 is 4.74 Å². The van der Waals surface area contributed by atoms with Crippen LogP contribution in [0.2, 0.25) is 0 Å². The molecule has 3 rings (SSSR count). The second kappa shape index (κ2) is 5.89. The van der Waals surface area contributed by atoms with E-state index in [0.717, 1.165) is 37.4 Å². The zero-order valence-electron chi connectivity index (χ0n) is 11.7. The Bertz CT molecular complexity index is 251. The highest BCUT2D eigenvalue weighted by atomic mass is 16.5. The van der Waals surface area contributed by atoms with Crippen molar-refractivity contribution in [1.82, 2.24) is 10.2 Å². The SMILES string of the molecule is CCCNC1CC2CCCC(C1)N2C1CCOC1. The molecule has 3 saturated heterocycles. The molecule has 0 aromatic rings. The molecule has 3 nitrogen and oxygen atoms in total. The van der Waals surface area contributed by atoms with E-state index in [1.807, 2.05) is 0 Å². The van der Waals surface area contributed by atoms with Crippen LogP contribution in [-0.4, -0.2) is 48.8 Å². The zero-order valence-corrected chi connectivity index (χ0v) is 11.7. The molecule has 0 spiro atoms. The summed E-state index contributed by atoms with van der Waals surface area (Å²) in [6, 6.07) is 3.17. The third kappa shape index (κ3) is 2.59. The third-order valence-electron chi connectivity index (χ3n) is 5.04. The molecule has 3 atom stereocenters. The fraction of sp³-hybridized carbons (Fsp3) is 1.00. The van der Waals surface area contributed by atoms with Gasteiger partial charge in [-0.2, -0.15) is 0 Å². The molecule has 2 bridgehead atoms. The first-order chi connectivity index (χ1) is 8.88. The van der Waals surface area contributed by atoms with Crippen LogP contribution in [0.1, 0.15) is 51.9 Å². The van der Waals surface area contributed by atoms with Gasteiger partial charge in [-0.3, -0.25) is 4.90 Å². The lowest BCUT2D eigenvalue weighted by Crippen LogP contribution is -2.59. The van der Waals surface area contributed by atoms with Gasteiger partial charge in [0.2, 0.25) is 0 Å². The molecule has 3 heterocycles. The maximum atomic E-state index is 5.61. The molecule has 3 aliphatic heterocycles. The quantitative estimate of drug-likeness (QED) is 0.830. The highest BCUT2D eigenvalue weighted by molar-refractivity contribution is 4.98. The van der Waals surface area contributed by atoms with Crippen LogP contribution in [0.25, 0.3) is 0 Å². The summed E-state index contributed by atoms with van der Waals surface area (Å²) in [4.78, 5) is 2.85. The monoisotopic (exact) mass is 252 g/mol. The van der Waals surface area contributed by atoms with Crippen LogP contribution in [0.5, 0.6) is 0 Å². The van der Waals surface area contributed by atoms with Crippen LogP contribution in [0.15, 0.2) is 0 Å². The normalized spacial score (nSPS) is 41.2. The van der Waals surface area contributed by atoms with Crippen molar-refractivity contribution >= 4 is 0 Å². The topological polar surface area (TPSA) is 24.5 Å². The molecule has 104 valence electrons. The van der Waals surface area contributed by atoms with Crippen LogP contribution < -0.4 is 5.32 Å². The van der Waals surface area contributed by atoms with Crippen LogP contribution in [-0.2, 0) is 4.74 Å². The van der Waals surface area contributed by atoms with Crippen LogP contribution in [0, 0.1) is 0 Å². The summed E-state index contributed by atoms with van der Waals surface area (Å²) in [5.74, 6) is 0.